The third kappa shape index (κ3) is 2.97. The van der Waals surface area contributed by atoms with Crippen molar-refractivity contribution >= 4 is 40.5 Å². The molecule has 0 bridgehead atoms. The van der Waals surface area contributed by atoms with Crippen LogP contribution in [0.3, 0.4) is 0 Å². The molecule has 0 spiro atoms. The Labute approximate surface area is 112 Å². The van der Waals surface area contributed by atoms with E-state index in [1.54, 1.807) is 12.1 Å². The van der Waals surface area contributed by atoms with Crippen molar-refractivity contribution in [2.45, 2.75) is 6.42 Å². The van der Waals surface area contributed by atoms with Crippen molar-refractivity contribution in [2.75, 3.05) is 0 Å². The minimum atomic E-state index is -0.962. The number of halogens is 2. The van der Waals surface area contributed by atoms with Gasteiger partial charge in [0.15, 0.2) is 0 Å². The lowest BCUT2D eigenvalue weighted by molar-refractivity contribution is 0.0702. The van der Waals surface area contributed by atoms with Gasteiger partial charge in [0.25, 0.3) is 0 Å². The average molecular weight is 288 g/mol. The van der Waals surface area contributed by atoms with Gasteiger partial charge in [0, 0.05) is 16.5 Å². The van der Waals surface area contributed by atoms with Gasteiger partial charge in [0.05, 0.1) is 11.2 Å². The van der Waals surface area contributed by atoms with Gasteiger partial charge in [-0.1, -0.05) is 29.3 Å². The van der Waals surface area contributed by atoms with Crippen molar-refractivity contribution in [3.63, 3.8) is 0 Å². The molecule has 1 aromatic heterocycles. The fourth-order valence-electron chi connectivity index (χ4n) is 1.32. The van der Waals surface area contributed by atoms with E-state index in [0.29, 0.717) is 21.5 Å². The van der Waals surface area contributed by atoms with Crippen LogP contribution in [0, 0.1) is 0 Å². The van der Waals surface area contributed by atoms with Gasteiger partial charge in [-0.05, 0) is 17.7 Å². The molecule has 1 heterocycles. The Balaban J connectivity index is 2.22. The number of hydrogen-bond donors (Lipinski definition) is 1. The fourth-order valence-corrected chi connectivity index (χ4v) is 2.57. The standard InChI is InChI=1S/C11H7Cl2NO2S/c12-7-2-1-6(8(13)4-7)3-10-14-5-9(17-10)11(15)16/h1-2,4-5H,3H2,(H,15,16). The molecule has 0 aliphatic rings. The zero-order valence-electron chi connectivity index (χ0n) is 8.48. The van der Waals surface area contributed by atoms with E-state index in [4.69, 9.17) is 28.3 Å². The van der Waals surface area contributed by atoms with Crippen LogP contribution in [0.1, 0.15) is 20.2 Å². The molecule has 1 N–H and O–H groups in total. The van der Waals surface area contributed by atoms with Crippen LogP contribution in [0.4, 0.5) is 0 Å². The molecule has 1 aromatic carbocycles. The van der Waals surface area contributed by atoms with E-state index in [-0.39, 0.29) is 4.88 Å². The SMILES string of the molecule is O=C(O)c1cnc(Cc2ccc(Cl)cc2Cl)s1. The second-order valence-electron chi connectivity index (χ2n) is 3.34. The van der Waals surface area contributed by atoms with Crippen LogP contribution in [0.15, 0.2) is 24.4 Å². The van der Waals surface area contributed by atoms with E-state index >= 15 is 0 Å². The van der Waals surface area contributed by atoms with Gasteiger partial charge >= 0.3 is 5.97 Å². The molecule has 0 amide bonds. The molecule has 0 aliphatic heterocycles. The smallest absolute Gasteiger partial charge is 0.347 e. The number of nitrogens with zero attached hydrogens (tertiary/aromatic N) is 1. The van der Waals surface area contributed by atoms with Gasteiger partial charge in [0.1, 0.15) is 4.88 Å². The monoisotopic (exact) mass is 287 g/mol. The summed E-state index contributed by atoms with van der Waals surface area (Å²) in [4.78, 5) is 15.0. The van der Waals surface area contributed by atoms with E-state index in [2.05, 4.69) is 4.98 Å². The molecule has 88 valence electrons. The van der Waals surface area contributed by atoms with Crippen LogP contribution in [0.25, 0.3) is 0 Å². The van der Waals surface area contributed by atoms with Crippen molar-refractivity contribution in [2.24, 2.45) is 0 Å². The molecule has 0 atom stereocenters. The molecule has 0 saturated carbocycles. The van der Waals surface area contributed by atoms with E-state index in [1.165, 1.54) is 6.20 Å². The van der Waals surface area contributed by atoms with Crippen molar-refractivity contribution in [3.8, 4) is 0 Å². The average Bonchev–Trinajstić information content (AvgIpc) is 2.71. The lowest BCUT2D eigenvalue weighted by atomic mass is 10.1. The number of thiazole rings is 1. The molecule has 6 heteroatoms. The van der Waals surface area contributed by atoms with Crippen LogP contribution < -0.4 is 0 Å². The maximum atomic E-state index is 10.7. The van der Waals surface area contributed by atoms with E-state index in [9.17, 15) is 4.79 Å². The first-order valence-electron chi connectivity index (χ1n) is 4.68. The second-order valence-corrected chi connectivity index (χ2v) is 5.29. The first kappa shape index (κ1) is 12.4. The minimum absolute atomic E-state index is 0.227. The number of benzene rings is 1. The third-order valence-electron chi connectivity index (χ3n) is 2.12. The normalized spacial score (nSPS) is 10.5. The second kappa shape index (κ2) is 5.04. The summed E-state index contributed by atoms with van der Waals surface area (Å²) in [6.07, 6.45) is 1.86. The summed E-state index contributed by atoms with van der Waals surface area (Å²) in [6, 6.07) is 5.21. The molecule has 0 saturated heterocycles. The van der Waals surface area contributed by atoms with Crippen LogP contribution in [-0.2, 0) is 6.42 Å². The Morgan fingerprint density at radius 1 is 1.41 bits per heavy atom. The largest absolute Gasteiger partial charge is 0.477 e. The number of carboxylic acids is 1. The van der Waals surface area contributed by atoms with Gasteiger partial charge in [0.2, 0.25) is 0 Å². The van der Waals surface area contributed by atoms with Crippen LogP contribution >= 0.6 is 34.5 Å². The Morgan fingerprint density at radius 2 is 2.18 bits per heavy atom. The van der Waals surface area contributed by atoms with Crippen molar-refractivity contribution in [1.82, 2.24) is 4.98 Å². The highest BCUT2D eigenvalue weighted by atomic mass is 35.5. The maximum absolute atomic E-state index is 10.7. The number of aromatic carboxylic acids is 1. The van der Waals surface area contributed by atoms with Crippen molar-refractivity contribution < 1.29 is 9.90 Å². The molecule has 3 nitrogen and oxygen atoms in total. The van der Waals surface area contributed by atoms with Gasteiger partial charge in [-0.25, -0.2) is 9.78 Å². The highest BCUT2D eigenvalue weighted by Crippen LogP contribution is 2.25. The Kier molecular flexibility index (Phi) is 3.66. The van der Waals surface area contributed by atoms with Gasteiger partial charge in [-0.3, -0.25) is 0 Å². The van der Waals surface area contributed by atoms with E-state index in [0.717, 1.165) is 16.9 Å². The summed E-state index contributed by atoms with van der Waals surface area (Å²) in [5.74, 6) is -0.962. The van der Waals surface area contributed by atoms with Gasteiger partial charge < -0.3 is 5.11 Å². The lowest BCUT2D eigenvalue weighted by Crippen LogP contribution is -1.90. The molecule has 0 radical (unpaired) electrons. The van der Waals surface area contributed by atoms with Gasteiger partial charge in [-0.15, -0.1) is 11.3 Å². The number of rotatable bonds is 3. The number of carbonyl (C=O) groups is 1. The van der Waals surface area contributed by atoms with Crippen LogP contribution in [-0.4, -0.2) is 16.1 Å². The van der Waals surface area contributed by atoms with E-state index in [1.807, 2.05) is 6.07 Å². The topological polar surface area (TPSA) is 50.2 Å². The lowest BCUT2D eigenvalue weighted by Gasteiger charge is -2.01. The Morgan fingerprint density at radius 3 is 2.76 bits per heavy atom. The molecular formula is C11H7Cl2NO2S. The summed E-state index contributed by atoms with van der Waals surface area (Å²) < 4.78 is 0. The van der Waals surface area contributed by atoms with Gasteiger partial charge in [-0.2, -0.15) is 0 Å². The molecule has 0 fully saturated rings. The number of hydrogen-bond acceptors (Lipinski definition) is 3. The fraction of sp³-hybridized carbons (Fsp3) is 0.0909. The molecule has 2 aromatic rings. The highest BCUT2D eigenvalue weighted by molar-refractivity contribution is 7.13. The maximum Gasteiger partial charge on any atom is 0.347 e. The summed E-state index contributed by atoms with van der Waals surface area (Å²) in [5, 5.41) is 10.6. The number of aromatic nitrogens is 1. The highest BCUT2D eigenvalue weighted by Gasteiger charge is 2.10. The summed E-state index contributed by atoms with van der Waals surface area (Å²) in [6.45, 7) is 0. The Bertz CT molecular complexity index is 568. The number of carboxylic acid groups (broad SMARTS) is 1. The molecule has 17 heavy (non-hydrogen) atoms. The van der Waals surface area contributed by atoms with E-state index < -0.39 is 5.97 Å². The Hall–Kier alpha value is -1.10. The minimum Gasteiger partial charge on any atom is -0.477 e. The zero-order valence-corrected chi connectivity index (χ0v) is 10.8. The molecular weight excluding hydrogens is 281 g/mol. The molecule has 0 unspecified atom stereocenters. The quantitative estimate of drug-likeness (QED) is 0.936. The summed E-state index contributed by atoms with van der Waals surface area (Å²) in [7, 11) is 0. The predicted molar refractivity (Wildman–Crippen MR) is 68.3 cm³/mol. The molecule has 2 rings (SSSR count). The van der Waals surface area contributed by atoms with Crippen LogP contribution in [0.2, 0.25) is 10.0 Å². The zero-order chi connectivity index (χ0) is 12.4. The summed E-state index contributed by atoms with van der Waals surface area (Å²) >= 11 is 13.0. The predicted octanol–water partition coefficient (Wildman–Crippen LogP) is 3.74. The first-order valence-corrected chi connectivity index (χ1v) is 6.25. The van der Waals surface area contributed by atoms with Crippen molar-refractivity contribution in [3.05, 3.63) is 49.9 Å². The first-order chi connectivity index (χ1) is 8.06. The summed E-state index contributed by atoms with van der Waals surface area (Å²) in [5.41, 5.74) is 0.877. The van der Waals surface area contributed by atoms with Crippen molar-refractivity contribution in [1.29, 1.82) is 0 Å². The third-order valence-corrected chi connectivity index (χ3v) is 3.69. The van der Waals surface area contributed by atoms with Crippen LogP contribution in [0.5, 0.6) is 0 Å². The molecule has 0 aliphatic carbocycles.